The molecule has 96 valence electrons. The van der Waals surface area contributed by atoms with Crippen LogP contribution >= 0.6 is 11.8 Å². The second kappa shape index (κ2) is 7.57. The van der Waals surface area contributed by atoms with Crippen LogP contribution in [0.3, 0.4) is 0 Å². The molecule has 16 heavy (non-hydrogen) atoms. The Morgan fingerprint density at radius 3 is 2.81 bits per heavy atom. The normalized spacial score (nSPS) is 26.6. The van der Waals surface area contributed by atoms with Crippen molar-refractivity contribution in [1.29, 1.82) is 0 Å². The highest BCUT2D eigenvalue weighted by Crippen LogP contribution is 2.21. The van der Waals surface area contributed by atoms with Gasteiger partial charge in [0, 0.05) is 30.1 Å². The van der Waals surface area contributed by atoms with E-state index in [1.807, 2.05) is 0 Å². The van der Waals surface area contributed by atoms with Crippen LogP contribution in [0.25, 0.3) is 0 Å². The molecular weight excluding hydrogens is 216 g/mol. The van der Waals surface area contributed by atoms with Gasteiger partial charge in [0.1, 0.15) is 0 Å². The molecular formula is C13H28N2S. The molecule has 0 saturated carbocycles. The summed E-state index contributed by atoms with van der Waals surface area (Å²) in [6, 6.07) is 1.46. The van der Waals surface area contributed by atoms with E-state index in [9.17, 15) is 0 Å². The molecule has 0 radical (unpaired) electrons. The van der Waals surface area contributed by atoms with E-state index in [4.69, 9.17) is 0 Å². The van der Waals surface area contributed by atoms with Crippen LogP contribution in [0.5, 0.6) is 0 Å². The van der Waals surface area contributed by atoms with Gasteiger partial charge in [-0.2, -0.15) is 11.8 Å². The van der Waals surface area contributed by atoms with Crippen molar-refractivity contribution in [3.05, 3.63) is 0 Å². The van der Waals surface area contributed by atoms with E-state index in [-0.39, 0.29) is 0 Å². The highest BCUT2D eigenvalue weighted by Gasteiger charge is 2.26. The number of hydrogen-bond acceptors (Lipinski definition) is 3. The Balaban J connectivity index is 2.33. The van der Waals surface area contributed by atoms with E-state index >= 15 is 0 Å². The summed E-state index contributed by atoms with van der Waals surface area (Å²) < 4.78 is 0. The molecule has 1 fully saturated rings. The van der Waals surface area contributed by atoms with Gasteiger partial charge >= 0.3 is 0 Å². The molecule has 0 spiro atoms. The summed E-state index contributed by atoms with van der Waals surface area (Å²) >= 11 is 2.10. The quantitative estimate of drug-likeness (QED) is 0.723. The van der Waals surface area contributed by atoms with Crippen molar-refractivity contribution < 1.29 is 0 Å². The van der Waals surface area contributed by atoms with Crippen LogP contribution in [0, 0.1) is 5.92 Å². The predicted octanol–water partition coefficient (Wildman–Crippen LogP) is 2.45. The van der Waals surface area contributed by atoms with Crippen molar-refractivity contribution in [3.63, 3.8) is 0 Å². The maximum atomic E-state index is 3.54. The zero-order valence-corrected chi connectivity index (χ0v) is 12.1. The van der Waals surface area contributed by atoms with Crippen molar-refractivity contribution >= 4 is 11.8 Å². The molecule has 0 bridgehead atoms. The Labute approximate surface area is 106 Å². The van der Waals surface area contributed by atoms with Gasteiger partial charge in [-0.25, -0.2) is 0 Å². The predicted molar refractivity (Wildman–Crippen MR) is 75.3 cm³/mol. The van der Waals surface area contributed by atoms with Crippen LogP contribution in [-0.4, -0.2) is 48.1 Å². The third-order valence-corrected chi connectivity index (χ3v) is 4.85. The highest BCUT2D eigenvalue weighted by molar-refractivity contribution is 7.99. The standard InChI is InChI=1S/C13H28N2S/c1-5-6-14-9-11(2)13(4)15-7-8-16-10-12(15)3/h11-14H,5-10H2,1-4H3. The Morgan fingerprint density at radius 1 is 1.44 bits per heavy atom. The minimum atomic E-state index is 0.709. The first-order valence-corrected chi connectivity index (χ1v) is 7.86. The monoisotopic (exact) mass is 244 g/mol. The SMILES string of the molecule is CCCNCC(C)C(C)N1CCSCC1C. The molecule has 3 atom stereocenters. The van der Waals surface area contributed by atoms with Crippen LogP contribution in [0.15, 0.2) is 0 Å². The van der Waals surface area contributed by atoms with Gasteiger partial charge in [0.05, 0.1) is 0 Å². The van der Waals surface area contributed by atoms with Crippen molar-refractivity contribution in [3.8, 4) is 0 Å². The first kappa shape index (κ1) is 14.3. The fourth-order valence-electron chi connectivity index (χ4n) is 2.35. The molecule has 1 aliphatic rings. The summed E-state index contributed by atoms with van der Waals surface area (Å²) in [6.07, 6.45) is 1.23. The molecule has 0 aromatic heterocycles. The molecule has 0 amide bonds. The Kier molecular flexibility index (Phi) is 6.78. The third kappa shape index (κ3) is 4.27. The number of hydrogen-bond donors (Lipinski definition) is 1. The summed E-state index contributed by atoms with van der Waals surface area (Å²) in [7, 11) is 0. The molecule has 1 saturated heterocycles. The topological polar surface area (TPSA) is 15.3 Å². The van der Waals surface area contributed by atoms with Gasteiger partial charge in [0.25, 0.3) is 0 Å². The number of nitrogens with one attached hydrogen (secondary N) is 1. The van der Waals surface area contributed by atoms with Gasteiger partial charge in [-0.15, -0.1) is 0 Å². The van der Waals surface area contributed by atoms with E-state index in [1.165, 1.54) is 24.5 Å². The molecule has 1 aliphatic heterocycles. The molecule has 0 aromatic rings. The highest BCUT2D eigenvalue weighted by atomic mass is 32.2. The molecule has 1 heterocycles. The molecule has 3 heteroatoms. The summed E-state index contributed by atoms with van der Waals surface area (Å²) in [4.78, 5) is 2.69. The minimum Gasteiger partial charge on any atom is -0.316 e. The van der Waals surface area contributed by atoms with E-state index in [1.54, 1.807) is 0 Å². The van der Waals surface area contributed by atoms with Gasteiger partial charge < -0.3 is 5.32 Å². The van der Waals surface area contributed by atoms with Gasteiger partial charge in [0.2, 0.25) is 0 Å². The van der Waals surface area contributed by atoms with Crippen LogP contribution in [0.1, 0.15) is 34.1 Å². The lowest BCUT2D eigenvalue weighted by Crippen LogP contribution is -2.49. The third-order valence-electron chi connectivity index (χ3n) is 3.66. The zero-order chi connectivity index (χ0) is 12.0. The number of rotatable bonds is 6. The summed E-state index contributed by atoms with van der Waals surface area (Å²) in [6.45, 7) is 12.9. The minimum absolute atomic E-state index is 0.709. The van der Waals surface area contributed by atoms with E-state index in [0.29, 0.717) is 6.04 Å². The molecule has 2 nitrogen and oxygen atoms in total. The maximum Gasteiger partial charge on any atom is 0.0161 e. The summed E-state index contributed by atoms with van der Waals surface area (Å²) in [5.74, 6) is 3.36. The summed E-state index contributed by atoms with van der Waals surface area (Å²) in [5, 5.41) is 3.54. The Morgan fingerprint density at radius 2 is 2.19 bits per heavy atom. The lowest BCUT2D eigenvalue weighted by atomic mass is 10.0. The van der Waals surface area contributed by atoms with Crippen LogP contribution in [-0.2, 0) is 0 Å². The fourth-order valence-corrected chi connectivity index (χ4v) is 3.39. The van der Waals surface area contributed by atoms with Gasteiger partial charge in [0.15, 0.2) is 0 Å². The van der Waals surface area contributed by atoms with Crippen LogP contribution < -0.4 is 5.32 Å². The lowest BCUT2D eigenvalue weighted by molar-refractivity contribution is 0.130. The lowest BCUT2D eigenvalue weighted by Gasteiger charge is -2.40. The van der Waals surface area contributed by atoms with Gasteiger partial charge in [-0.1, -0.05) is 13.8 Å². The molecule has 3 unspecified atom stereocenters. The maximum absolute atomic E-state index is 3.54. The van der Waals surface area contributed by atoms with Crippen molar-refractivity contribution in [1.82, 2.24) is 10.2 Å². The molecule has 0 aliphatic carbocycles. The Hall–Kier alpha value is 0.270. The van der Waals surface area contributed by atoms with Crippen LogP contribution in [0.4, 0.5) is 0 Å². The Bertz CT molecular complexity index is 187. The van der Waals surface area contributed by atoms with Gasteiger partial charge in [-0.05, 0) is 39.3 Å². The van der Waals surface area contributed by atoms with Crippen molar-refractivity contribution in [2.75, 3.05) is 31.1 Å². The average Bonchev–Trinajstić information content (AvgIpc) is 2.29. The largest absolute Gasteiger partial charge is 0.316 e. The zero-order valence-electron chi connectivity index (χ0n) is 11.3. The van der Waals surface area contributed by atoms with E-state index in [0.717, 1.165) is 25.0 Å². The van der Waals surface area contributed by atoms with Crippen molar-refractivity contribution in [2.45, 2.75) is 46.2 Å². The molecule has 0 aromatic carbocycles. The first-order chi connectivity index (χ1) is 7.66. The molecule has 1 rings (SSSR count). The average molecular weight is 244 g/mol. The van der Waals surface area contributed by atoms with Gasteiger partial charge in [-0.3, -0.25) is 4.90 Å². The number of nitrogens with zero attached hydrogens (tertiary/aromatic N) is 1. The fraction of sp³-hybridized carbons (Fsp3) is 1.00. The smallest absolute Gasteiger partial charge is 0.0161 e. The van der Waals surface area contributed by atoms with Crippen LogP contribution in [0.2, 0.25) is 0 Å². The number of thioether (sulfide) groups is 1. The van der Waals surface area contributed by atoms with E-state index < -0.39 is 0 Å². The van der Waals surface area contributed by atoms with E-state index in [2.05, 4.69) is 49.7 Å². The first-order valence-electron chi connectivity index (χ1n) is 6.71. The molecule has 1 N–H and O–H groups in total. The second-order valence-electron chi connectivity index (χ2n) is 5.08. The van der Waals surface area contributed by atoms with Crippen molar-refractivity contribution in [2.24, 2.45) is 5.92 Å². The summed E-state index contributed by atoms with van der Waals surface area (Å²) in [5.41, 5.74) is 0. The second-order valence-corrected chi connectivity index (χ2v) is 6.23.